The molecule has 0 heteroatoms. The molecule has 0 unspecified atom stereocenters. The Bertz CT molecular complexity index is 2510. The quantitative estimate of drug-likeness (QED) is 0.195. The molecule has 0 radical (unpaired) electrons. The zero-order valence-corrected chi connectivity index (χ0v) is 23.0. The molecular formula is C42H26. The van der Waals surface area contributed by atoms with Crippen LogP contribution in [0.4, 0.5) is 0 Å². The lowest BCUT2D eigenvalue weighted by atomic mass is 9.86. The van der Waals surface area contributed by atoms with Gasteiger partial charge in [-0.2, -0.15) is 0 Å². The van der Waals surface area contributed by atoms with E-state index in [2.05, 4.69) is 158 Å². The average Bonchev–Trinajstić information content (AvgIpc) is 3.07. The van der Waals surface area contributed by atoms with Gasteiger partial charge in [-0.25, -0.2) is 0 Å². The number of hydrogen-bond acceptors (Lipinski definition) is 0. The summed E-state index contributed by atoms with van der Waals surface area (Å²) >= 11 is 0. The molecule has 9 rings (SSSR count). The number of rotatable bonds is 2. The van der Waals surface area contributed by atoms with Crippen LogP contribution in [0.2, 0.25) is 0 Å². The monoisotopic (exact) mass is 530 g/mol. The summed E-state index contributed by atoms with van der Waals surface area (Å²) in [4.78, 5) is 0. The second-order valence-corrected chi connectivity index (χ2v) is 11.3. The highest BCUT2D eigenvalue weighted by atomic mass is 14.2. The summed E-state index contributed by atoms with van der Waals surface area (Å²) in [7, 11) is 0. The maximum atomic E-state index is 2.44. The van der Waals surface area contributed by atoms with E-state index < -0.39 is 0 Å². The lowest BCUT2D eigenvalue weighted by Crippen LogP contribution is -1.90. The first-order chi connectivity index (χ1) is 20.8. The average molecular weight is 531 g/mol. The van der Waals surface area contributed by atoms with E-state index >= 15 is 0 Å². The molecule has 0 spiro atoms. The Kier molecular flexibility index (Phi) is 5.00. The molecule has 0 N–H and O–H groups in total. The van der Waals surface area contributed by atoms with Crippen molar-refractivity contribution in [3.63, 3.8) is 0 Å². The maximum absolute atomic E-state index is 2.44. The van der Waals surface area contributed by atoms with Gasteiger partial charge in [0.15, 0.2) is 0 Å². The predicted molar refractivity (Wildman–Crippen MR) is 182 cm³/mol. The zero-order valence-electron chi connectivity index (χ0n) is 23.0. The van der Waals surface area contributed by atoms with E-state index in [4.69, 9.17) is 0 Å². The summed E-state index contributed by atoms with van der Waals surface area (Å²) in [6.07, 6.45) is 0. The largest absolute Gasteiger partial charge is 0.0616 e. The Hall–Kier alpha value is -5.46. The second-order valence-electron chi connectivity index (χ2n) is 11.3. The van der Waals surface area contributed by atoms with Crippen LogP contribution in [0.25, 0.3) is 86.9 Å². The predicted octanol–water partition coefficient (Wildman–Crippen LogP) is 11.9. The van der Waals surface area contributed by atoms with Crippen LogP contribution >= 0.6 is 0 Å². The summed E-state index contributed by atoms with van der Waals surface area (Å²) in [5.41, 5.74) is 5.06. The molecule has 0 aromatic heterocycles. The Morgan fingerprint density at radius 2 is 0.810 bits per heavy atom. The van der Waals surface area contributed by atoms with Gasteiger partial charge in [-0.3, -0.25) is 0 Å². The fraction of sp³-hybridized carbons (Fsp3) is 0. The van der Waals surface area contributed by atoms with Crippen LogP contribution < -0.4 is 0 Å². The number of fused-ring (bicyclic) bond motifs is 10. The number of hydrogen-bond donors (Lipinski definition) is 0. The summed E-state index contributed by atoms with van der Waals surface area (Å²) in [5, 5.41) is 15.5. The van der Waals surface area contributed by atoms with Crippen molar-refractivity contribution in [2.45, 2.75) is 0 Å². The highest BCUT2D eigenvalue weighted by Crippen LogP contribution is 2.44. The van der Waals surface area contributed by atoms with Crippen molar-refractivity contribution in [2.24, 2.45) is 0 Å². The van der Waals surface area contributed by atoms with Crippen molar-refractivity contribution in [1.82, 2.24) is 0 Å². The lowest BCUT2D eigenvalue weighted by molar-refractivity contribution is 1.68. The molecule has 0 heterocycles. The summed E-state index contributed by atoms with van der Waals surface area (Å²) < 4.78 is 0. The summed E-state index contributed by atoms with van der Waals surface area (Å²) in [5.74, 6) is 0. The van der Waals surface area contributed by atoms with E-state index in [0.717, 1.165) is 0 Å². The van der Waals surface area contributed by atoms with Gasteiger partial charge in [0.2, 0.25) is 0 Å². The van der Waals surface area contributed by atoms with Crippen molar-refractivity contribution in [3.8, 4) is 22.3 Å². The second kappa shape index (κ2) is 9.03. The topological polar surface area (TPSA) is 0 Å². The Balaban J connectivity index is 1.40. The maximum Gasteiger partial charge on any atom is -0.00199 e. The first-order valence-corrected chi connectivity index (χ1v) is 14.6. The molecule has 9 aromatic carbocycles. The molecule has 0 aliphatic heterocycles. The SMILES string of the molecule is c1ccc2cc(-c3ccc4c(c3)c3ccccc3c3cc(-c5cccc6ccccc56)c5ccccc5c43)ccc2c1. The van der Waals surface area contributed by atoms with Crippen LogP contribution in [0.1, 0.15) is 0 Å². The minimum absolute atomic E-state index is 1.24. The van der Waals surface area contributed by atoms with Crippen molar-refractivity contribution in [1.29, 1.82) is 0 Å². The van der Waals surface area contributed by atoms with Gasteiger partial charge in [-0.1, -0.05) is 140 Å². The van der Waals surface area contributed by atoms with Gasteiger partial charge in [0, 0.05) is 0 Å². The molecule has 0 atom stereocenters. The van der Waals surface area contributed by atoms with Gasteiger partial charge in [0.25, 0.3) is 0 Å². The van der Waals surface area contributed by atoms with Gasteiger partial charge in [0.1, 0.15) is 0 Å². The minimum Gasteiger partial charge on any atom is -0.0616 e. The highest BCUT2D eigenvalue weighted by molar-refractivity contribution is 6.33. The standard InChI is InChI=1S/C42H26/c1-2-12-29-24-30(21-20-27(29)10-1)31-22-23-38-39(25-31)34-15-5-6-16-35(34)41-26-40(36-17-7-8-18-37(36)42(38)41)33-19-9-13-28-11-3-4-14-32(28)33/h1-26H. The third kappa shape index (κ3) is 3.42. The van der Waals surface area contributed by atoms with Crippen molar-refractivity contribution >= 4 is 64.6 Å². The molecule has 0 aliphatic carbocycles. The smallest absolute Gasteiger partial charge is 0.00199 e. The van der Waals surface area contributed by atoms with Crippen LogP contribution in [0.3, 0.4) is 0 Å². The van der Waals surface area contributed by atoms with Crippen LogP contribution in [0, 0.1) is 0 Å². The van der Waals surface area contributed by atoms with Crippen LogP contribution in [-0.4, -0.2) is 0 Å². The molecule has 9 aromatic rings. The van der Waals surface area contributed by atoms with Crippen molar-refractivity contribution in [2.75, 3.05) is 0 Å². The molecule has 0 amide bonds. The Morgan fingerprint density at radius 1 is 0.238 bits per heavy atom. The van der Waals surface area contributed by atoms with E-state index in [1.165, 1.54) is 86.9 Å². The van der Waals surface area contributed by atoms with Crippen LogP contribution in [0.5, 0.6) is 0 Å². The first-order valence-electron chi connectivity index (χ1n) is 14.6. The number of benzene rings is 9. The van der Waals surface area contributed by atoms with E-state index in [9.17, 15) is 0 Å². The lowest BCUT2D eigenvalue weighted by Gasteiger charge is -2.17. The molecule has 42 heavy (non-hydrogen) atoms. The minimum atomic E-state index is 1.24. The molecule has 0 saturated carbocycles. The molecular weight excluding hydrogens is 504 g/mol. The van der Waals surface area contributed by atoms with Crippen LogP contribution in [-0.2, 0) is 0 Å². The fourth-order valence-electron chi connectivity index (χ4n) is 7.05. The fourth-order valence-corrected chi connectivity index (χ4v) is 7.05. The molecule has 0 bridgehead atoms. The van der Waals surface area contributed by atoms with Crippen LogP contribution in [0.15, 0.2) is 158 Å². The van der Waals surface area contributed by atoms with Gasteiger partial charge < -0.3 is 0 Å². The third-order valence-electron chi connectivity index (χ3n) is 9.00. The Labute approximate surface area is 244 Å². The molecule has 0 saturated heterocycles. The molecule has 194 valence electrons. The Morgan fingerprint density at radius 3 is 1.64 bits per heavy atom. The van der Waals surface area contributed by atoms with Gasteiger partial charge in [-0.15, -0.1) is 0 Å². The summed E-state index contributed by atoms with van der Waals surface area (Å²) in [6.45, 7) is 0. The van der Waals surface area contributed by atoms with E-state index in [0.29, 0.717) is 0 Å². The highest BCUT2D eigenvalue weighted by Gasteiger charge is 2.16. The third-order valence-corrected chi connectivity index (χ3v) is 9.00. The van der Waals surface area contributed by atoms with Gasteiger partial charge in [-0.05, 0) is 105 Å². The van der Waals surface area contributed by atoms with Crippen molar-refractivity contribution < 1.29 is 0 Å². The van der Waals surface area contributed by atoms with E-state index in [-0.39, 0.29) is 0 Å². The van der Waals surface area contributed by atoms with Gasteiger partial charge >= 0.3 is 0 Å². The summed E-state index contributed by atoms with van der Waals surface area (Å²) in [6, 6.07) is 58.1. The van der Waals surface area contributed by atoms with Crippen molar-refractivity contribution in [3.05, 3.63) is 158 Å². The first kappa shape index (κ1) is 23.3. The molecule has 0 aliphatic rings. The van der Waals surface area contributed by atoms with E-state index in [1.807, 2.05) is 0 Å². The van der Waals surface area contributed by atoms with E-state index in [1.54, 1.807) is 0 Å². The normalized spacial score (nSPS) is 11.8. The molecule has 0 nitrogen and oxygen atoms in total. The van der Waals surface area contributed by atoms with Gasteiger partial charge in [0.05, 0.1) is 0 Å². The molecule has 0 fully saturated rings. The zero-order chi connectivity index (χ0) is 27.6.